The van der Waals surface area contributed by atoms with Crippen molar-refractivity contribution >= 4 is 10.9 Å². The Morgan fingerprint density at radius 2 is 1.80 bits per heavy atom. The van der Waals surface area contributed by atoms with Gasteiger partial charge in [-0.25, -0.2) is 0 Å². The van der Waals surface area contributed by atoms with E-state index in [9.17, 15) is 13.2 Å². The van der Waals surface area contributed by atoms with Gasteiger partial charge in [0.2, 0.25) is 0 Å². The van der Waals surface area contributed by atoms with Crippen LogP contribution in [0.1, 0.15) is 11.3 Å². The average Bonchev–Trinajstić information content (AvgIpc) is 2.79. The Kier molecular flexibility index (Phi) is 2.78. The Morgan fingerprint density at radius 1 is 1.05 bits per heavy atom. The van der Waals surface area contributed by atoms with Gasteiger partial charge in [-0.3, -0.25) is 5.10 Å². The van der Waals surface area contributed by atoms with Crippen molar-refractivity contribution in [1.82, 2.24) is 10.2 Å². The molecule has 2 aromatic carbocycles. The van der Waals surface area contributed by atoms with Crippen molar-refractivity contribution in [1.29, 1.82) is 0 Å². The number of rotatable bonds is 1. The summed E-state index contributed by atoms with van der Waals surface area (Å²) >= 11 is 0. The molecule has 2 nitrogen and oxygen atoms in total. The molecule has 1 N–H and O–H groups in total. The Hall–Kier alpha value is -2.30. The molecule has 0 saturated heterocycles. The Balaban J connectivity index is 2.21. The molecular weight excluding hydrogens is 265 g/mol. The molecule has 0 saturated carbocycles. The van der Waals surface area contributed by atoms with E-state index in [-0.39, 0.29) is 5.56 Å². The summed E-state index contributed by atoms with van der Waals surface area (Å²) in [6.07, 6.45) is -4.37. The molecular formula is C15H11F3N2. The van der Waals surface area contributed by atoms with E-state index in [1.807, 2.05) is 6.92 Å². The van der Waals surface area contributed by atoms with Gasteiger partial charge in [0.25, 0.3) is 0 Å². The molecule has 1 heterocycles. The SMILES string of the molecule is Cc1[nH]nc2cc(-c3ccccc3C(F)(F)F)ccc12. The number of aromatic amines is 1. The predicted molar refractivity (Wildman–Crippen MR) is 71.3 cm³/mol. The molecule has 3 rings (SSSR count). The van der Waals surface area contributed by atoms with Crippen LogP contribution in [0.25, 0.3) is 22.0 Å². The van der Waals surface area contributed by atoms with Crippen LogP contribution in [0.15, 0.2) is 42.5 Å². The number of benzene rings is 2. The lowest BCUT2D eigenvalue weighted by atomic mass is 9.98. The molecule has 0 aliphatic heterocycles. The van der Waals surface area contributed by atoms with Crippen molar-refractivity contribution in [3.05, 3.63) is 53.7 Å². The summed E-state index contributed by atoms with van der Waals surface area (Å²) in [5.41, 5.74) is 1.61. The van der Waals surface area contributed by atoms with E-state index in [0.29, 0.717) is 11.1 Å². The molecule has 0 fully saturated rings. The van der Waals surface area contributed by atoms with Gasteiger partial charge in [-0.15, -0.1) is 0 Å². The van der Waals surface area contributed by atoms with E-state index in [4.69, 9.17) is 0 Å². The third-order valence-electron chi connectivity index (χ3n) is 3.29. The molecule has 1 aromatic heterocycles. The molecule has 0 amide bonds. The Bertz CT molecular complexity index is 772. The van der Waals surface area contributed by atoms with Crippen LogP contribution >= 0.6 is 0 Å². The van der Waals surface area contributed by atoms with Gasteiger partial charge in [0.1, 0.15) is 0 Å². The van der Waals surface area contributed by atoms with E-state index in [0.717, 1.165) is 17.1 Å². The number of halogens is 3. The largest absolute Gasteiger partial charge is 0.417 e. The summed E-state index contributed by atoms with van der Waals surface area (Å²) in [5.74, 6) is 0. The van der Waals surface area contributed by atoms with Gasteiger partial charge in [0.05, 0.1) is 11.1 Å². The molecule has 0 unspecified atom stereocenters. The van der Waals surface area contributed by atoms with E-state index in [1.54, 1.807) is 24.3 Å². The first kappa shape index (κ1) is 12.7. The van der Waals surface area contributed by atoms with Crippen LogP contribution < -0.4 is 0 Å². The van der Waals surface area contributed by atoms with Crippen LogP contribution in [-0.4, -0.2) is 10.2 Å². The molecule has 5 heteroatoms. The number of aryl methyl sites for hydroxylation is 1. The summed E-state index contributed by atoms with van der Waals surface area (Å²) in [6.45, 7) is 1.87. The van der Waals surface area contributed by atoms with Crippen LogP contribution in [0.5, 0.6) is 0 Å². The van der Waals surface area contributed by atoms with Gasteiger partial charge in [-0.1, -0.05) is 30.3 Å². The van der Waals surface area contributed by atoms with Gasteiger partial charge < -0.3 is 0 Å². The minimum Gasteiger partial charge on any atom is -0.282 e. The first-order valence-corrected chi connectivity index (χ1v) is 6.08. The van der Waals surface area contributed by atoms with Crippen LogP contribution in [-0.2, 0) is 6.18 Å². The Morgan fingerprint density at radius 3 is 2.55 bits per heavy atom. The number of aromatic nitrogens is 2. The van der Waals surface area contributed by atoms with Gasteiger partial charge in [0, 0.05) is 11.1 Å². The molecule has 0 spiro atoms. The van der Waals surface area contributed by atoms with Gasteiger partial charge in [0.15, 0.2) is 0 Å². The topological polar surface area (TPSA) is 28.7 Å². The third-order valence-corrected chi connectivity index (χ3v) is 3.29. The predicted octanol–water partition coefficient (Wildman–Crippen LogP) is 4.56. The lowest BCUT2D eigenvalue weighted by Crippen LogP contribution is -2.06. The number of hydrogen-bond acceptors (Lipinski definition) is 1. The lowest BCUT2D eigenvalue weighted by Gasteiger charge is -2.12. The third kappa shape index (κ3) is 2.05. The Labute approximate surface area is 113 Å². The van der Waals surface area contributed by atoms with Crippen LogP contribution in [0.3, 0.4) is 0 Å². The highest BCUT2D eigenvalue weighted by atomic mass is 19.4. The zero-order chi connectivity index (χ0) is 14.3. The lowest BCUT2D eigenvalue weighted by molar-refractivity contribution is -0.137. The maximum Gasteiger partial charge on any atom is 0.417 e. The summed E-state index contributed by atoms with van der Waals surface area (Å²) < 4.78 is 39.1. The summed E-state index contributed by atoms with van der Waals surface area (Å²) in [6, 6.07) is 10.7. The van der Waals surface area contributed by atoms with E-state index < -0.39 is 11.7 Å². The molecule has 20 heavy (non-hydrogen) atoms. The highest BCUT2D eigenvalue weighted by Gasteiger charge is 2.33. The minimum absolute atomic E-state index is 0.169. The zero-order valence-corrected chi connectivity index (χ0v) is 10.6. The first-order chi connectivity index (χ1) is 9.47. The maximum absolute atomic E-state index is 13.0. The highest BCUT2D eigenvalue weighted by molar-refractivity contribution is 5.86. The van der Waals surface area contributed by atoms with E-state index in [2.05, 4.69) is 10.2 Å². The summed E-state index contributed by atoms with van der Waals surface area (Å²) in [4.78, 5) is 0. The zero-order valence-electron chi connectivity index (χ0n) is 10.6. The number of hydrogen-bond donors (Lipinski definition) is 1. The van der Waals surface area contributed by atoms with Crippen molar-refractivity contribution in [3.8, 4) is 11.1 Å². The summed E-state index contributed by atoms with van der Waals surface area (Å²) in [5, 5.41) is 7.83. The van der Waals surface area contributed by atoms with Crippen LogP contribution in [0, 0.1) is 6.92 Å². The van der Waals surface area contributed by atoms with Gasteiger partial charge >= 0.3 is 6.18 Å². The quantitative estimate of drug-likeness (QED) is 0.693. The number of nitrogens with one attached hydrogen (secondary N) is 1. The monoisotopic (exact) mass is 276 g/mol. The second kappa shape index (κ2) is 4.37. The highest BCUT2D eigenvalue weighted by Crippen LogP contribution is 2.37. The molecule has 0 aliphatic carbocycles. The molecule has 0 aliphatic rings. The van der Waals surface area contributed by atoms with Gasteiger partial charge in [-0.05, 0) is 30.2 Å². The van der Waals surface area contributed by atoms with E-state index in [1.165, 1.54) is 12.1 Å². The molecule has 0 atom stereocenters. The fourth-order valence-corrected chi connectivity index (χ4v) is 2.30. The maximum atomic E-state index is 13.0. The molecule has 102 valence electrons. The first-order valence-electron chi connectivity index (χ1n) is 6.08. The minimum atomic E-state index is -4.37. The smallest absolute Gasteiger partial charge is 0.282 e. The molecule has 3 aromatic rings. The number of H-pyrrole nitrogens is 1. The van der Waals surface area contributed by atoms with Crippen molar-refractivity contribution in [2.45, 2.75) is 13.1 Å². The fourth-order valence-electron chi connectivity index (χ4n) is 2.30. The van der Waals surface area contributed by atoms with Crippen LogP contribution in [0.2, 0.25) is 0 Å². The van der Waals surface area contributed by atoms with Gasteiger partial charge in [-0.2, -0.15) is 18.3 Å². The fraction of sp³-hybridized carbons (Fsp3) is 0.133. The normalized spacial score (nSPS) is 12.0. The number of nitrogens with zero attached hydrogens (tertiary/aromatic N) is 1. The number of alkyl halides is 3. The summed E-state index contributed by atoms with van der Waals surface area (Å²) in [7, 11) is 0. The second-order valence-electron chi connectivity index (χ2n) is 4.62. The van der Waals surface area contributed by atoms with Crippen molar-refractivity contribution < 1.29 is 13.2 Å². The molecule has 0 bridgehead atoms. The van der Waals surface area contributed by atoms with Crippen LogP contribution in [0.4, 0.5) is 13.2 Å². The average molecular weight is 276 g/mol. The van der Waals surface area contributed by atoms with Crippen molar-refractivity contribution in [2.75, 3.05) is 0 Å². The standard InChI is InChI=1S/C15H11F3N2/c1-9-11-7-6-10(8-14(11)20-19-9)12-4-2-3-5-13(12)15(16,17)18/h2-8H,1H3,(H,19,20). The molecule has 0 radical (unpaired) electrons. The van der Waals surface area contributed by atoms with E-state index >= 15 is 0 Å². The number of fused-ring (bicyclic) bond motifs is 1. The second-order valence-corrected chi connectivity index (χ2v) is 4.62. The van der Waals surface area contributed by atoms with Crippen molar-refractivity contribution in [2.24, 2.45) is 0 Å². The van der Waals surface area contributed by atoms with Crippen molar-refractivity contribution in [3.63, 3.8) is 0 Å².